The van der Waals surface area contributed by atoms with Gasteiger partial charge in [0.15, 0.2) is 0 Å². The lowest BCUT2D eigenvalue weighted by Gasteiger charge is -2.34. The molecule has 0 amide bonds. The zero-order chi connectivity index (χ0) is 14.8. The summed E-state index contributed by atoms with van der Waals surface area (Å²) in [5.74, 6) is 0. The van der Waals surface area contributed by atoms with Crippen LogP contribution in [0.15, 0.2) is 48.7 Å². The Morgan fingerprint density at radius 1 is 0.818 bits per heavy atom. The zero-order valence-corrected chi connectivity index (χ0v) is 13.1. The van der Waals surface area contributed by atoms with E-state index in [9.17, 15) is 0 Å². The minimum atomic E-state index is 0.417. The van der Waals surface area contributed by atoms with E-state index >= 15 is 0 Å². The van der Waals surface area contributed by atoms with Crippen LogP contribution < -0.4 is 16.5 Å². The van der Waals surface area contributed by atoms with Gasteiger partial charge in [0.1, 0.15) is 0 Å². The molecule has 22 heavy (non-hydrogen) atoms. The number of nitrogens with zero attached hydrogens (tertiary/aromatic N) is 1. The Balaban J connectivity index is 1.91. The van der Waals surface area contributed by atoms with Crippen LogP contribution in [0.4, 0.5) is 0 Å². The lowest BCUT2D eigenvalue weighted by molar-refractivity contribution is 0.949. The SMILES string of the molecule is Cc1cccc2c1B1c3c(cccc3Cc3ccn(C)c31)C2. The van der Waals surface area contributed by atoms with Crippen LogP contribution in [0.5, 0.6) is 0 Å². The number of aromatic nitrogens is 1. The molecule has 0 spiro atoms. The van der Waals surface area contributed by atoms with E-state index in [1.165, 1.54) is 33.4 Å². The minimum Gasteiger partial charge on any atom is -0.362 e. The standard InChI is InChI=1S/C20H18BN/c1-13-5-3-6-14-11-15-7-4-8-16-12-17-9-10-22(2)20(17)21(18(13)14)19(15)16/h3-10H,11-12H2,1-2H3. The van der Waals surface area contributed by atoms with Gasteiger partial charge in [-0.3, -0.25) is 0 Å². The summed E-state index contributed by atoms with van der Waals surface area (Å²) in [4.78, 5) is 0. The highest BCUT2D eigenvalue weighted by atomic mass is 14.9. The van der Waals surface area contributed by atoms with Gasteiger partial charge in [0.05, 0.1) is 0 Å². The van der Waals surface area contributed by atoms with Crippen LogP contribution in [0.1, 0.15) is 27.8 Å². The van der Waals surface area contributed by atoms with Gasteiger partial charge in [-0.1, -0.05) is 52.9 Å². The third-order valence-electron chi connectivity index (χ3n) is 5.52. The fourth-order valence-electron chi connectivity index (χ4n) is 4.61. The largest absolute Gasteiger partial charge is 0.362 e. The number of aryl methyl sites for hydroxylation is 2. The van der Waals surface area contributed by atoms with Crippen molar-refractivity contribution < 1.29 is 0 Å². The summed E-state index contributed by atoms with van der Waals surface area (Å²) < 4.78 is 2.33. The molecule has 2 aliphatic rings. The molecular weight excluding hydrogens is 265 g/mol. The molecule has 0 saturated heterocycles. The summed E-state index contributed by atoms with van der Waals surface area (Å²) in [7, 11) is 2.19. The highest BCUT2D eigenvalue weighted by molar-refractivity contribution is 6.97. The third-order valence-corrected chi connectivity index (χ3v) is 5.52. The molecule has 0 unspecified atom stereocenters. The quantitative estimate of drug-likeness (QED) is 0.381. The van der Waals surface area contributed by atoms with Crippen LogP contribution in [0.2, 0.25) is 0 Å². The van der Waals surface area contributed by atoms with E-state index in [1.807, 2.05) is 0 Å². The van der Waals surface area contributed by atoms with Crippen molar-refractivity contribution in [2.45, 2.75) is 19.8 Å². The van der Waals surface area contributed by atoms with Crippen molar-refractivity contribution in [2.75, 3.05) is 0 Å². The molecule has 3 heterocycles. The van der Waals surface area contributed by atoms with Crippen molar-refractivity contribution in [3.63, 3.8) is 0 Å². The molecule has 0 atom stereocenters. The average Bonchev–Trinajstić information content (AvgIpc) is 2.88. The molecule has 1 nitrogen and oxygen atoms in total. The molecule has 2 aliphatic heterocycles. The van der Waals surface area contributed by atoms with Crippen molar-refractivity contribution >= 4 is 23.2 Å². The maximum Gasteiger partial charge on any atom is 0.263 e. The first-order valence-corrected chi connectivity index (χ1v) is 8.07. The fourth-order valence-corrected chi connectivity index (χ4v) is 4.61. The van der Waals surface area contributed by atoms with Gasteiger partial charge in [-0.25, -0.2) is 0 Å². The molecule has 106 valence electrons. The van der Waals surface area contributed by atoms with Crippen LogP contribution in [0.25, 0.3) is 0 Å². The lowest BCUT2D eigenvalue weighted by Crippen LogP contribution is -2.63. The van der Waals surface area contributed by atoms with Gasteiger partial charge < -0.3 is 4.57 Å². The van der Waals surface area contributed by atoms with Crippen LogP contribution in [0.3, 0.4) is 0 Å². The van der Waals surface area contributed by atoms with E-state index in [2.05, 4.69) is 67.2 Å². The van der Waals surface area contributed by atoms with Gasteiger partial charge >= 0.3 is 0 Å². The summed E-state index contributed by atoms with van der Waals surface area (Å²) in [6.45, 7) is 2.68. The van der Waals surface area contributed by atoms with E-state index < -0.39 is 0 Å². The van der Waals surface area contributed by atoms with Gasteiger partial charge in [0.25, 0.3) is 6.71 Å². The molecule has 2 aromatic carbocycles. The van der Waals surface area contributed by atoms with Gasteiger partial charge in [-0.2, -0.15) is 0 Å². The molecular formula is C20H18BN. The monoisotopic (exact) mass is 283 g/mol. The highest BCUT2D eigenvalue weighted by Crippen LogP contribution is 2.23. The van der Waals surface area contributed by atoms with E-state index in [4.69, 9.17) is 0 Å². The summed E-state index contributed by atoms with van der Waals surface area (Å²) in [5, 5.41) is 0. The van der Waals surface area contributed by atoms with Crippen LogP contribution in [-0.4, -0.2) is 11.3 Å². The Morgan fingerprint density at radius 3 is 2.23 bits per heavy atom. The van der Waals surface area contributed by atoms with Crippen LogP contribution >= 0.6 is 0 Å². The van der Waals surface area contributed by atoms with Crippen molar-refractivity contribution in [3.05, 3.63) is 76.5 Å². The van der Waals surface area contributed by atoms with E-state index in [-0.39, 0.29) is 0 Å². The smallest absolute Gasteiger partial charge is 0.263 e. The van der Waals surface area contributed by atoms with Crippen LogP contribution in [0, 0.1) is 6.92 Å². The second kappa shape index (κ2) is 4.16. The Hall–Kier alpha value is -2.22. The van der Waals surface area contributed by atoms with E-state index in [1.54, 1.807) is 10.9 Å². The summed E-state index contributed by atoms with van der Waals surface area (Å²) >= 11 is 0. The van der Waals surface area contributed by atoms with Crippen LogP contribution in [-0.2, 0) is 19.9 Å². The maximum absolute atomic E-state index is 2.33. The Bertz CT molecular complexity index is 902. The first-order chi connectivity index (χ1) is 10.7. The molecule has 0 fully saturated rings. The molecule has 1 aromatic heterocycles. The minimum absolute atomic E-state index is 0.417. The van der Waals surface area contributed by atoms with Gasteiger partial charge in [0, 0.05) is 13.2 Å². The Kier molecular flexibility index (Phi) is 2.33. The summed E-state index contributed by atoms with van der Waals surface area (Å²) in [6.07, 6.45) is 4.39. The lowest BCUT2D eigenvalue weighted by atomic mass is 9.31. The predicted molar refractivity (Wildman–Crippen MR) is 93.3 cm³/mol. The number of fused-ring (bicyclic) bond motifs is 4. The summed E-state index contributed by atoms with van der Waals surface area (Å²) in [6, 6.07) is 16.0. The Morgan fingerprint density at radius 2 is 1.45 bits per heavy atom. The molecule has 3 aromatic rings. The molecule has 0 radical (unpaired) electrons. The third kappa shape index (κ3) is 1.45. The fraction of sp³-hybridized carbons (Fsp3) is 0.200. The molecule has 0 bridgehead atoms. The van der Waals surface area contributed by atoms with Gasteiger partial charge in [-0.05, 0) is 53.7 Å². The second-order valence-corrected chi connectivity index (χ2v) is 6.76. The highest BCUT2D eigenvalue weighted by Gasteiger charge is 2.38. The van der Waals surface area contributed by atoms with Crippen molar-refractivity contribution in [1.29, 1.82) is 0 Å². The van der Waals surface area contributed by atoms with Crippen molar-refractivity contribution in [2.24, 2.45) is 7.05 Å². The molecule has 0 aliphatic carbocycles. The van der Waals surface area contributed by atoms with E-state index in [0.717, 1.165) is 12.8 Å². The van der Waals surface area contributed by atoms with Gasteiger partial charge in [-0.15, -0.1) is 0 Å². The topological polar surface area (TPSA) is 4.93 Å². The number of benzene rings is 2. The first-order valence-electron chi connectivity index (χ1n) is 8.07. The maximum atomic E-state index is 2.33. The van der Waals surface area contributed by atoms with Gasteiger partial charge in [0.2, 0.25) is 0 Å². The van der Waals surface area contributed by atoms with E-state index in [0.29, 0.717) is 6.71 Å². The molecule has 0 N–H and O–H groups in total. The normalized spacial score (nSPS) is 14.4. The number of rotatable bonds is 0. The molecule has 0 saturated carbocycles. The number of hydrogen-bond donors (Lipinski definition) is 0. The summed E-state index contributed by atoms with van der Waals surface area (Å²) in [5.41, 5.74) is 12.1. The molecule has 2 heteroatoms. The predicted octanol–water partition coefficient (Wildman–Crippen LogP) is 1.66. The first kappa shape index (κ1) is 12.3. The van der Waals surface area contributed by atoms with Crippen molar-refractivity contribution in [3.8, 4) is 0 Å². The second-order valence-electron chi connectivity index (χ2n) is 6.76. The van der Waals surface area contributed by atoms with Crippen molar-refractivity contribution in [1.82, 2.24) is 4.57 Å². The zero-order valence-electron chi connectivity index (χ0n) is 13.1. The Labute approximate surface area is 131 Å². The number of hydrogen-bond acceptors (Lipinski definition) is 0. The average molecular weight is 283 g/mol. The molecule has 5 rings (SSSR count).